The monoisotopic (exact) mass is 368 g/mol. The van der Waals surface area contributed by atoms with Gasteiger partial charge in [0.15, 0.2) is 0 Å². The molecule has 0 fully saturated rings. The second-order valence-corrected chi connectivity index (χ2v) is 9.31. The van der Waals surface area contributed by atoms with Crippen LogP contribution in [0.15, 0.2) is 39.6 Å². The molecule has 0 aliphatic carbocycles. The molecule has 1 rings (SSSR count). The first kappa shape index (κ1) is 21.2. The van der Waals surface area contributed by atoms with Crippen molar-refractivity contribution < 1.29 is 18.5 Å². The summed E-state index contributed by atoms with van der Waals surface area (Å²) in [6, 6.07) is 7.72. The molecule has 0 spiro atoms. The highest BCUT2D eigenvalue weighted by Gasteiger charge is 2.29. The van der Waals surface area contributed by atoms with Crippen LogP contribution in [-0.4, -0.2) is 34.1 Å². The van der Waals surface area contributed by atoms with Crippen molar-refractivity contribution in [2.45, 2.75) is 57.6 Å². The minimum atomic E-state index is -2.88. The predicted molar refractivity (Wildman–Crippen MR) is 98.8 cm³/mol. The van der Waals surface area contributed by atoms with Crippen molar-refractivity contribution in [2.75, 3.05) is 6.26 Å². The predicted octanol–water partition coefficient (Wildman–Crippen LogP) is 3.61. The average Bonchev–Trinajstić information content (AvgIpc) is 2.50. The lowest BCUT2D eigenvalue weighted by molar-refractivity contribution is -0.120. The second-order valence-electron chi connectivity index (χ2n) is 7.05. The van der Waals surface area contributed by atoms with Gasteiger partial charge >= 0.3 is 6.09 Å². The van der Waals surface area contributed by atoms with E-state index in [0.717, 1.165) is 0 Å². The number of rotatable bonds is 5. The molecule has 7 heteroatoms. The summed E-state index contributed by atoms with van der Waals surface area (Å²) in [6.45, 7) is 8.96. The molecule has 2 amide bonds. The average molecular weight is 368 g/mol. The summed E-state index contributed by atoms with van der Waals surface area (Å²) >= 11 is 0. The first-order valence-electron chi connectivity index (χ1n) is 8.27. The van der Waals surface area contributed by atoms with Gasteiger partial charge in [-0.1, -0.05) is 38.5 Å². The van der Waals surface area contributed by atoms with Crippen LogP contribution in [0.1, 0.15) is 41.0 Å². The van der Waals surface area contributed by atoms with Gasteiger partial charge in [0.05, 0.1) is 9.73 Å². The Hall–Kier alpha value is -1.89. The van der Waals surface area contributed by atoms with Crippen LogP contribution in [0.3, 0.4) is 0 Å². The number of benzene rings is 1. The van der Waals surface area contributed by atoms with E-state index in [1.54, 1.807) is 51.1 Å². The Morgan fingerprint density at radius 1 is 1.24 bits per heavy atom. The maximum Gasteiger partial charge on any atom is 0.408 e. The minimum absolute atomic E-state index is 0.172. The molecule has 1 aromatic rings. The van der Waals surface area contributed by atoms with Crippen LogP contribution >= 0.6 is 0 Å². The van der Waals surface area contributed by atoms with E-state index in [4.69, 9.17) is 4.74 Å². The molecule has 1 aromatic carbocycles. The summed E-state index contributed by atoms with van der Waals surface area (Å²) < 4.78 is 21.9. The van der Waals surface area contributed by atoms with E-state index >= 15 is 0 Å². The summed E-state index contributed by atoms with van der Waals surface area (Å²) in [7, 11) is -2.88. The first-order chi connectivity index (χ1) is 11.5. The number of hydrogen-bond donors (Lipinski definition) is 1. The first-order valence-corrected chi connectivity index (χ1v) is 10.2. The molecule has 0 saturated heterocycles. The molecule has 0 aliphatic rings. The topological polar surface area (TPSA) is 84.8 Å². The van der Waals surface area contributed by atoms with Crippen LogP contribution in [0.25, 0.3) is 0 Å². The number of hydrogen-bond acceptors (Lipinski definition) is 4. The molecule has 140 valence electrons. The summed E-state index contributed by atoms with van der Waals surface area (Å²) in [6.07, 6.45) is 1.38. The van der Waals surface area contributed by atoms with E-state index in [2.05, 4.69) is 9.68 Å². The van der Waals surface area contributed by atoms with E-state index in [1.807, 2.05) is 13.8 Å². The standard InChI is InChI=1S/C18H28N2O4S/c1-7-13(2)15(19-17(22)24-18(3,4)5)16(21)20-25(6,23)14-11-9-8-10-12-14/h8-13,15H,7H2,1-6H3,(H,19,22)/t13-,15-,25?/m0/s1. The molecule has 0 saturated carbocycles. The molecule has 0 aromatic heterocycles. The third kappa shape index (κ3) is 6.86. The van der Waals surface area contributed by atoms with Crippen molar-refractivity contribution in [3.63, 3.8) is 0 Å². The van der Waals surface area contributed by atoms with Crippen LogP contribution in [0.2, 0.25) is 0 Å². The highest BCUT2D eigenvalue weighted by Crippen LogP contribution is 2.16. The summed E-state index contributed by atoms with van der Waals surface area (Å²) in [5, 5.41) is 2.57. The largest absolute Gasteiger partial charge is 0.444 e. The van der Waals surface area contributed by atoms with Gasteiger partial charge in [0.25, 0.3) is 5.91 Å². The van der Waals surface area contributed by atoms with Crippen molar-refractivity contribution in [2.24, 2.45) is 10.3 Å². The number of nitrogens with one attached hydrogen (secondary N) is 1. The zero-order chi connectivity index (χ0) is 19.3. The third-order valence-electron chi connectivity index (χ3n) is 3.60. The van der Waals surface area contributed by atoms with Crippen molar-refractivity contribution >= 4 is 21.7 Å². The van der Waals surface area contributed by atoms with Crippen LogP contribution in [0, 0.1) is 5.92 Å². The van der Waals surface area contributed by atoms with Crippen LogP contribution < -0.4 is 5.32 Å². The fourth-order valence-corrected chi connectivity index (χ4v) is 3.30. The molecule has 1 N–H and O–H groups in total. The van der Waals surface area contributed by atoms with Gasteiger partial charge in [-0.3, -0.25) is 4.79 Å². The van der Waals surface area contributed by atoms with Gasteiger partial charge in [-0.15, -0.1) is 0 Å². The molecule has 25 heavy (non-hydrogen) atoms. The van der Waals surface area contributed by atoms with Gasteiger partial charge in [-0.2, -0.15) is 4.36 Å². The minimum Gasteiger partial charge on any atom is -0.444 e. The molecule has 6 nitrogen and oxygen atoms in total. The quantitative estimate of drug-likeness (QED) is 0.860. The number of carbonyl (C=O) groups is 2. The molecular formula is C18H28N2O4S. The highest BCUT2D eigenvalue weighted by atomic mass is 32.2. The lowest BCUT2D eigenvalue weighted by Crippen LogP contribution is -2.46. The Kier molecular flexibility index (Phi) is 7.17. The summed E-state index contributed by atoms with van der Waals surface area (Å²) in [4.78, 5) is 25.1. The molecular weight excluding hydrogens is 340 g/mol. The van der Waals surface area contributed by atoms with Gasteiger partial charge in [0.1, 0.15) is 11.6 Å². The Labute approximate surface area is 150 Å². The van der Waals surface area contributed by atoms with Crippen molar-refractivity contribution in [3.05, 3.63) is 30.3 Å². The smallest absolute Gasteiger partial charge is 0.408 e. The molecule has 3 atom stereocenters. The molecule has 0 aliphatic heterocycles. The Balaban J connectivity index is 3.07. The van der Waals surface area contributed by atoms with E-state index in [-0.39, 0.29) is 5.92 Å². The Morgan fingerprint density at radius 3 is 2.28 bits per heavy atom. The fourth-order valence-electron chi connectivity index (χ4n) is 2.07. The van der Waals surface area contributed by atoms with Gasteiger partial charge < -0.3 is 10.1 Å². The number of nitrogens with zero attached hydrogens (tertiary/aromatic N) is 1. The molecule has 0 bridgehead atoms. The maximum absolute atomic E-state index is 12.8. The van der Waals surface area contributed by atoms with Crippen molar-refractivity contribution in [3.8, 4) is 0 Å². The molecule has 0 radical (unpaired) electrons. The van der Waals surface area contributed by atoms with Crippen molar-refractivity contribution in [1.29, 1.82) is 0 Å². The highest BCUT2D eigenvalue weighted by molar-refractivity contribution is 7.93. The Morgan fingerprint density at radius 2 is 1.80 bits per heavy atom. The maximum atomic E-state index is 12.8. The lowest BCUT2D eigenvalue weighted by atomic mass is 9.99. The number of carbonyl (C=O) groups excluding carboxylic acids is 2. The zero-order valence-corrected chi connectivity index (χ0v) is 16.6. The SMILES string of the molecule is CC[C@H](C)[C@H](NC(=O)OC(C)(C)C)C(=O)N=S(C)(=O)c1ccccc1. The normalized spacial score (nSPS) is 16.2. The van der Waals surface area contributed by atoms with Crippen LogP contribution in [0.4, 0.5) is 4.79 Å². The third-order valence-corrected chi connectivity index (χ3v) is 5.27. The van der Waals surface area contributed by atoms with E-state index in [1.165, 1.54) is 6.26 Å². The summed E-state index contributed by atoms with van der Waals surface area (Å²) in [5.74, 6) is -0.786. The summed E-state index contributed by atoms with van der Waals surface area (Å²) in [5.41, 5.74) is -0.674. The van der Waals surface area contributed by atoms with E-state index < -0.39 is 33.4 Å². The van der Waals surface area contributed by atoms with E-state index in [9.17, 15) is 13.8 Å². The fraction of sp³-hybridized carbons (Fsp3) is 0.556. The van der Waals surface area contributed by atoms with Crippen LogP contribution in [0.5, 0.6) is 0 Å². The second kappa shape index (κ2) is 8.47. The van der Waals surface area contributed by atoms with Gasteiger partial charge in [0.2, 0.25) is 0 Å². The number of amides is 2. The lowest BCUT2D eigenvalue weighted by Gasteiger charge is -2.25. The zero-order valence-electron chi connectivity index (χ0n) is 15.7. The van der Waals surface area contributed by atoms with Crippen molar-refractivity contribution in [1.82, 2.24) is 5.32 Å². The molecule has 1 unspecified atom stereocenters. The molecule has 0 heterocycles. The Bertz CT molecular complexity index is 716. The van der Waals surface area contributed by atoms with E-state index in [0.29, 0.717) is 11.3 Å². The van der Waals surface area contributed by atoms with Gasteiger partial charge in [0, 0.05) is 11.2 Å². The van der Waals surface area contributed by atoms with Gasteiger partial charge in [-0.25, -0.2) is 9.00 Å². The number of alkyl carbamates (subject to hydrolysis) is 1. The number of ether oxygens (including phenoxy) is 1. The van der Waals surface area contributed by atoms with Crippen LogP contribution in [-0.2, 0) is 19.3 Å². The van der Waals surface area contributed by atoms with Gasteiger partial charge in [-0.05, 0) is 38.8 Å².